The van der Waals surface area contributed by atoms with Gasteiger partial charge in [0, 0.05) is 25.4 Å². The zero-order valence-corrected chi connectivity index (χ0v) is 13.4. The van der Waals surface area contributed by atoms with Crippen LogP contribution in [0.25, 0.3) is 0 Å². The van der Waals surface area contributed by atoms with Crippen molar-refractivity contribution in [1.82, 2.24) is 14.7 Å². The maximum atomic E-state index is 12.4. The number of halogens is 1. The third-order valence-corrected chi connectivity index (χ3v) is 3.77. The van der Waals surface area contributed by atoms with Gasteiger partial charge in [-0.2, -0.15) is 5.10 Å². The van der Waals surface area contributed by atoms with Crippen molar-refractivity contribution in [1.29, 1.82) is 0 Å². The van der Waals surface area contributed by atoms with Crippen LogP contribution in [0, 0.1) is 0 Å². The number of hydrogen-bond acceptors (Lipinski definition) is 2. The van der Waals surface area contributed by atoms with E-state index in [2.05, 4.69) is 12.0 Å². The fourth-order valence-corrected chi connectivity index (χ4v) is 2.32. The van der Waals surface area contributed by atoms with Crippen molar-refractivity contribution in [2.24, 2.45) is 0 Å². The highest BCUT2D eigenvalue weighted by atomic mass is 35.5. The number of benzene rings is 1. The minimum atomic E-state index is -0.0280. The smallest absolute Gasteiger partial charge is 0.253 e. The van der Waals surface area contributed by atoms with Crippen molar-refractivity contribution in [2.45, 2.75) is 33.4 Å². The third-order valence-electron chi connectivity index (χ3n) is 3.45. The highest BCUT2D eigenvalue weighted by Crippen LogP contribution is 2.17. The molecule has 0 saturated heterocycles. The predicted molar refractivity (Wildman–Crippen MR) is 84.5 cm³/mol. The predicted octanol–water partition coefficient (Wildman–Crippen LogP) is 3.39. The van der Waals surface area contributed by atoms with E-state index >= 15 is 0 Å². The summed E-state index contributed by atoms with van der Waals surface area (Å²) in [5.74, 6) is -0.0280. The Morgan fingerprint density at radius 3 is 2.48 bits per heavy atom. The van der Waals surface area contributed by atoms with Crippen LogP contribution in [0.5, 0.6) is 0 Å². The van der Waals surface area contributed by atoms with E-state index in [4.69, 9.17) is 11.6 Å². The maximum Gasteiger partial charge on any atom is 0.253 e. The summed E-state index contributed by atoms with van der Waals surface area (Å²) in [5, 5.41) is 4.96. The summed E-state index contributed by atoms with van der Waals surface area (Å²) in [5.41, 5.74) is 2.62. The van der Waals surface area contributed by atoms with Gasteiger partial charge in [-0.25, -0.2) is 0 Å². The molecule has 112 valence electrons. The lowest BCUT2D eigenvalue weighted by molar-refractivity contribution is 0.0783. The second-order valence-corrected chi connectivity index (χ2v) is 5.40. The molecular weight excluding hydrogens is 286 g/mol. The molecule has 1 aromatic carbocycles. The summed E-state index contributed by atoms with van der Waals surface area (Å²) in [4.78, 5) is 14.0. The molecule has 0 aliphatic rings. The van der Waals surface area contributed by atoms with Crippen LogP contribution in [0.3, 0.4) is 0 Å². The first-order valence-electron chi connectivity index (χ1n) is 7.11. The third kappa shape index (κ3) is 3.64. The molecule has 5 heteroatoms. The molecule has 0 fully saturated rings. The van der Waals surface area contributed by atoms with Gasteiger partial charge in [0.2, 0.25) is 0 Å². The molecule has 1 aromatic heterocycles. The topological polar surface area (TPSA) is 38.1 Å². The highest BCUT2D eigenvalue weighted by Gasteiger charge is 2.15. The molecule has 0 atom stereocenters. The summed E-state index contributed by atoms with van der Waals surface area (Å²) in [6, 6.07) is 7.70. The molecular formula is C16H20ClN3O. The second kappa shape index (κ2) is 6.76. The summed E-state index contributed by atoms with van der Waals surface area (Å²) in [6.45, 7) is 5.25. The molecule has 0 aliphatic heterocycles. The molecule has 4 nitrogen and oxygen atoms in total. The number of aromatic nitrogens is 2. The molecule has 2 aromatic rings. The fourth-order valence-electron chi connectivity index (χ4n) is 2.11. The molecule has 1 heterocycles. The Bertz CT molecular complexity index is 619. The number of carbonyl (C=O) groups excluding carboxylic acids is 1. The average Bonchev–Trinajstić information content (AvgIpc) is 2.86. The standard InChI is InChI=1S/C16H20ClN3O/c1-4-12-6-8-13(9-7-12)16(21)19(3)11-15-14(17)10-20(5-2)18-15/h6-10H,4-5,11H2,1-3H3. The maximum absolute atomic E-state index is 12.4. The lowest BCUT2D eigenvalue weighted by atomic mass is 10.1. The van der Waals surface area contributed by atoms with Crippen molar-refractivity contribution in [2.75, 3.05) is 7.05 Å². The molecule has 0 bridgehead atoms. The number of nitrogens with zero attached hydrogens (tertiary/aromatic N) is 3. The minimum Gasteiger partial charge on any atom is -0.336 e. The lowest BCUT2D eigenvalue weighted by Gasteiger charge is -2.16. The Balaban J connectivity index is 2.09. The number of amides is 1. The van der Waals surface area contributed by atoms with E-state index in [1.54, 1.807) is 22.8 Å². The molecule has 0 radical (unpaired) electrons. The average molecular weight is 306 g/mol. The number of aryl methyl sites for hydroxylation is 2. The summed E-state index contributed by atoms with van der Waals surface area (Å²) < 4.78 is 1.77. The van der Waals surface area contributed by atoms with E-state index in [0.717, 1.165) is 18.7 Å². The van der Waals surface area contributed by atoms with Gasteiger partial charge in [0.1, 0.15) is 5.69 Å². The van der Waals surface area contributed by atoms with Gasteiger partial charge in [-0.1, -0.05) is 30.7 Å². The van der Waals surface area contributed by atoms with Crippen LogP contribution >= 0.6 is 11.6 Å². The highest BCUT2D eigenvalue weighted by molar-refractivity contribution is 6.31. The Morgan fingerprint density at radius 2 is 1.95 bits per heavy atom. The van der Waals surface area contributed by atoms with Crippen LogP contribution in [-0.4, -0.2) is 27.6 Å². The molecule has 2 rings (SSSR count). The zero-order valence-electron chi connectivity index (χ0n) is 12.6. The first-order chi connectivity index (χ1) is 10.0. The van der Waals surface area contributed by atoms with Crippen LogP contribution in [-0.2, 0) is 19.5 Å². The van der Waals surface area contributed by atoms with Crippen molar-refractivity contribution < 1.29 is 4.79 Å². The van der Waals surface area contributed by atoms with Crippen LogP contribution in [0.4, 0.5) is 0 Å². The van der Waals surface area contributed by atoms with Crippen molar-refractivity contribution in [3.8, 4) is 0 Å². The zero-order chi connectivity index (χ0) is 15.4. The molecule has 0 N–H and O–H groups in total. The summed E-state index contributed by atoms with van der Waals surface area (Å²) in [6.07, 6.45) is 2.75. The van der Waals surface area contributed by atoms with E-state index < -0.39 is 0 Å². The van der Waals surface area contributed by atoms with Gasteiger partial charge in [0.15, 0.2) is 0 Å². The first-order valence-corrected chi connectivity index (χ1v) is 7.49. The Hall–Kier alpha value is -1.81. The van der Waals surface area contributed by atoms with Gasteiger partial charge >= 0.3 is 0 Å². The first kappa shape index (κ1) is 15.6. The van der Waals surface area contributed by atoms with Crippen LogP contribution in [0.1, 0.15) is 35.5 Å². The van der Waals surface area contributed by atoms with Gasteiger partial charge < -0.3 is 4.90 Å². The fraction of sp³-hybridized carbons (Fsp3) is 0.375. The molecule has 21 heavy (non-hydrogen) atoms. The van der Waals surface area contributed by atoms with Crippen LogP contribution in [0.2, 0.25) is 5.02 Å². The van der Waals surface area contributed by atoms with Gasteiger partial charge in [0.05, 0.1) is 11.6 Å². The Labute approximate surface area is 130 Å². The normalized spacial score (nSPS) is 10.7. The van der Waals surface area contributed by atoms with Crippen molar-refractivity contribution >= 4 is 17.5 Å². The Kier molecular flexibility index (Phi) is 5.02. The largest absolute Gasteiger partial charge is 0.336 e. The van der Waals surface area contributed by atoms with Gasteiger partial charge in [0.25, 0.3) is 5.91 Å². The molecule has 0 aliphatic carbocycles. The van der Waals surface area contributed by atoms with E-state index in [1.807, 2.05) is 31.2 Å². The minimum absolute atomic E-state index is 0.0280. The molecule has 0 spiro atoms. The quantitative estimate of drug-likeness (QED) is 0.849. The molecule has 1 amide bonds. The Morgan fingerprint density at radius 1 is 1.29 bits per heavy atom. The monoisotopic (exact) mass is 305 g/mol. The molecule has 0 unspecified atom stereocenters. The van der Waals surface area contributed by atoms with Crippen LogP contribution in [0.15, 0.2) is 30.5 Å². The number of rotatable bonds is 5. The number of carbonyl (C=O) groups is 1. The van der Waals surface area contributed by atoms with Gasteiger partial charge in [-0.15, -0.1) is 0 Å². The second-order valence-electron chi connectivity index (χ2n) is 4.99. The molecule has 0 saturated carbocycles. The van der Waals surface area contributed by atoms with Crippen LogP contribution < -0.4 is 0 Å². The van der Waals surface area contributed by atoms with E-state index in [9.17, 15) is 4.79 Å². The van der Waals surface area contributed by atoms with E-state index in [0.29, 0.717) is 17.1 Å². The van der Waals surface area contributed by atoms with Gasteiger partial charge in [-0.3, -0.25) is 9.48 Å². The SMILES string of the molecule is CCc1ccc(C(=O)N(C)Cc2nn(CC)cc2Cl)cc1. The van der Waals surface area contributed by atoms with E-state index in [1.165, 1.54) is 5.56 Å². The number of hydrogen-bond donors (Lipinski definition) is 0. The summed E-state index contributed by atoms with van der Waals surface area (Å²) in [7, 11) is 1.76. The van der Waals surface area contributed by atoms with Crippen molar-refractivity contribution in [3.05, 3.63) is 52.3 Å². The van der Waals surface area contributed by atoms with Gasteiger partial charge in [-0.05, 0) is 31.0 Å². The lowest BCUT2D eigenvalue weighted by Crippen LogP contribution is -2.26. The summed E-state index contributed by atoms with van der Waals surface area (Å²) >= 11 is 6.14. The van der Waals surface area contributed by atoms with E-state index in [-0.39, 0.29) is 5.91 Å². The van der Waals surface area contributed by atoms with Crippen molar-refractivity contribution in [3.63, 3.8) is 0 Å².